The molecule has 0 aliphatic carbocycles. The van der Waals surface area contributed by atoms with Crippen LogP contribution in [-0.2, 0) is 4.79 Å². The number of carbonyl (C=O) groups excluding carboxylic acids is 1. The van der Waals surface area contributed by atoms with Crippen molar-refractivity contribution in [3.8, 4) is 0 Å². The van der Waals surface area contributed by atoms with E-state index in [9.17, 15) is 13.6 Å². The van der Waals surface area contributed by atoms with E-state index in [-0.39, 0.29) is 12.4 Å². The minimum absolute atomic E-state index is 0.231. The molecule has 0 heterocycles. The number of carbonyl (C=O) groups is 1. The van der Waals surface area contributed by atoms with E-state index < -0.39 is 30.9 Å². The molecule has 8 heteroatoms. The van der Waals surface area contributed by atoms with Crippen molar-refractivity contribution in [3.63, 3.8) is 0 Å². The van der Waals surface area contributed by atoms with Crippen molar-refractivity contribution in [3.05, 3.63) is 0 Å². The summed E-state index contributed by atoms with van der Waals surface area (Å²) >= 11 is 0. The highest BCUT2D eigenvalue weighted by molar-refractivity contribution is 6.05. The van der Waals surface area contributed by atoms with Crippen LogP contribution in [0.4, 0.5) is 8.78 Å². The molecule has 100 valence electrons. The average molecular weight is 253 g/mol. The summed E-state index contributed by atoms with van der Waals surface area (Å²) in [5.74, 6) is -1.11. The fourth-order valence-corrected chi connectivity index (χ4v) is 1.19. The Morgan fingerprint density at radius 2 is 2.06 bits per heavy atom. The molecule has 0 aliphatic heterocycles. The van der Waals surface area contributed by atoms with Gasteiger partial charge in [-0.1, -0.05) is 5.16 Å². The number of amidine groups is 1. The van der Waals surface area contributed by atoms with Crippen LogP contribution in [0.3, 0.4) is 0 Å². The molecule has 0 bridgehead atoms. The normalized spacial score (nSPS) is 12.9. The van der Waals surface area contributed by atoms with Gasteiger partial charge in [0.25, 0.3) is 6.43 Å². The second kappa shape index (κ2) is 6.33. The highest BCUT2D eigenvalue weighted by atomic mass is 19.3. The van der Waals surface area contributed by atoms with Crippen molar-refractivity contribution in [2.45, 2.75) is 20.3 Å². The molecule has 0 aliphatic rings. The number of hydrogen-bond acceptors (Lipinski definition) is 4. The third kappa shape index (κ3) is 4.14. The van der Waals surface area contributed by atoms with Gasteiger partial charge in [-0.3, -0.25) is 4.79 Å². The number of halogens is 2. The Hall–Kier alpha value is -1.44. The molecule has 0 aromatic carbocycles. The summed E-state index contributed by atoms with van der Waals surface area (Å²) in [6.45, 7) is 1.22. The van der Waals surface area contributed by atoms with Crippen LogP contribution >= 0.6 is 0 Å². The molecule has 0 unspecified atom stereocenters. The summed E-state index contributed by atoms with van der Waals surface area (Å²) in [7, 11) is 0. The van der Waals surface area contributed by atoms with Gasteiger partial charge in [-0.25, -0.2) is 8.78 Å². The Bertz CT molecular complexity index is 295. The topological polar surface area (TPSA) is 99.2 Å². The second-order valence-electron chi connectivity index (χ2n) is 3.98. The minimum Gasteiger partial charge on any atom is -0.409 e. The zero-order valence-corrected chi connectivity index (χ0v) is 9.73. The maximum Gasteiger partial charge on any atom is 0.255 e. The van der Waals surface area contributed by atoms with Gasteiger partial charge < -0.3 is 20.9 Å². The fourth-order valence-electron chi connectivity index (χ4n) is 1.19. The van der Waals surface area contributed by atoms with Gasteiger partial charge in [-0.2, -0.15) is 0 Å². The number of alkyl halides is 2. The molecule has 4 N–H and O–H groups in total. The zero-order chi connectivity index (χ0) is 13.6. The van der Waals surface area contributed by atoms with Crippen molar-refractivity contribution in [2.75, 3.05) is 19.7 Å². The van der Waals surface area contributed by atoms with Crippen molar-refractivity contribution < 1.29 is 23.9 Å². The number of nitrogens with zero attached hydrogens (tertiary/aromatic N) is 2. The maximum absolute atomic E-state index is 12.3. The molecule has 0 atom stereocenters. The van der Waals surface area contributed by atoms with Gasteiger partial charge in [0.15, 0.2) is 5.84 Å². The van der Waals surface area contributed by atoms with E-state index >= 15 is 0 Å². The summed E-state index contributed by atoms with van der Waals surface area (Å²) in [5.41, 5.74) is 3.91. The van der Waals surface area contributed by atoms with Crippen LogP contribution in [-0.4, -0.2) is 53.1 Å². The van der Waals surface area contributed by atoms with Crippen molar-refractivity contribution in [2.24, 2.45) is 16.3 Å². The third-order valence-electron chi connectivity index (χ3n) is 2.30. The maximum atomic E-state index is 12.3. The largest absolute Gasteiger partial charge is 0.409 e. The standard InChI is InChI=1S/C9H17F2N3O3/c1-9(2,7(12)13-17)8(16)14(3-4-15)5-6(10)11/h6,15,17H,3-5H2,1-2H3,(H2,12,13). The van der Waals surface area contributed by atoms with Crippen molar-refractivity contribution >= 4 is 11.7 Å². The molecular formula is C9H17F2N3O3. The summed E-state index contributed by atoms with van der Waals surface area (Å²) in [6.07, 6.45) is -2.71. The van der Waals surface area contributed by atoms with Gasteiger partial charge in [0.2, 0.25) is 5.91 Å². The molecule has 0 rings (SSSR count). The van der Waals surface area contributed by atoms with Crippen LogP contribution < -0.4 is 5.73 Å². The van der Waals surface area contributed by atoms with Crippen molar-refractivity contribution in [1.82, 2.24) is 4.90 Å². The first-order chi connectivity index (χ1) is 7.77. The van der Waals surface area contributed by atoms with E-state index in [0.29, 0.717) is 0 Å². The van der Waals surface area contributed by atoms with E-state index in [2.05, 4.69) is 5.16 Å². The van der Waals surface area contributed by atoms with Gasteiger partial charge in [0.05, 0.1) is 13.2 Å². The average Bonchev–Trinajstić information content (AvgIpc) is 2.25. The minimum atomic E-state index is -2.71. The van der Waals surface area contributed by atoms with Crippen LogP contribution in [0.2, 0.25) is 0 Å². The summed E-state index contributed by atoms with van der Waals surface area (Å²) in [6, 6.07) is 0. The first-order valence-corrected chi connectivity index (χ1v) is 4.93. The Morgan fingerprint density at radius 1 is 1.53 bits per heavy atom. The number of rotatable bonds is 6. The van der Waals surface area contributed by atoms with E-state index in [1.165, 1.54) is 13.8 Å². The molecule has 0 saturated heterocycles. The number of amides is 1. The molecule has 0 aromatic heterocycles. The highest BCUT2D eigenvalue weighted by Crippen LogP contribution is 2.19. The Kier molecular flexibility index (Phi) is 5.80. The molecule has 0 fully saturated rings. The van der Waals surface area contributed by atoms with Crippen LogP contribution in [0.5, 0.6) is 0 Å². The van der Waals surface area contributed by atoms with Gasteiger partial charge >= 0.3 is 0 Å². The van der Waals surface area contributed by atoms with E-state index in [1.54, 1.807) is 0 Å². The van der Waals surface area contributed by atoms with Crippen molar-refractivity contribution in [1.29, 1.82) is 0 Å². The fraction of sp³-hybridized carbons (Fsp3) is 0.778. The van der Waals surface area contributed by atoms with Crippen LogP contribution in [0.15, 0.2) is 5.16 Å². The summed E-state index contributed by atoms with van der Waals surface area (Å²) < 4.78 is 24.5. The van der Waals surface area contributed by atoms with Gasteiger partial charge in [0.1, 0.15) is 5.41 Å². The monoisotopic (exact) mass is 253 g/mol. The summed E-state index contributed by atoms with van der Waals surface area (Å²) in [4.78, 5) is 12.7. The zero-order valence-electron chi connectivity index (χ0n) is 9.73. The predicted molar refractivity (Wildman–Crippen MR) is 56.9 cm³/mol. The molecule has 6 nitrogen and oxygen atoms in total. The van der Waals surface area contributed by atoms with E-state index in [1.807, 2.05) is 0 Å². The quantitative estimate of drug-likeness (QED) is 0.265. The smallest absolute Gasteiger partial charge is 0.255 e. The van der Waals surface area contributed by atoms with Gasteiger partial charge in [-0.05, 0) is 13.8 Å². The lowest BCUT2D eigenvalue weighted by molar-refractivity contribution is -0.139. The second-order valence-corrected chi connectivity index (χ2v) is 3.98. The molecule has 0 saturated carbocycles. The molecule has 17 heavy (non-hydrogen) atoms. The first-order valence-electron chi connectivity index (χ1n) is 4.93. The molecule has 0 spiro atoms. The molecular weight excluding hydrogens is 236 g/mol. The lowest BCUT2D eigenvalue weighted by Gasteiger charge is -2.30. The SMILES string of the molecule is CC(C)(C(=O)N(CCO)CC(F)F)C(N)=NO. The molecule has 1 amide bonds. The third-order valence-corrected chi connectivity index (χ3v) is 2.30. The number of nitrogens with two attached hydrogens (primary N) is 1. The Labute approximate surface area is 97.7 Å². The van der Waals surface area contributed by atoms with E-state index in [0.717, 1.165) is 4.90 Å². The Balaban J connectivity index is 4.94. The highest BCUT2D eigenvalue weighted by Gasteiger charge is 2.37. The summed E-state index contributed by atoms with van der Waals surface area (Å²) in [5, 5.41) is 19.9. The lowest BCUT2D eigenvalue weighted by Crippen LogP contribution is -2.50. The first kappa shape index (κ1) is 15.6. The molecule has 0 aromatic rings. The number of hydrogen-bond donors (Lipinski definition) is 3. The van der Waals surface area contributed by atoms with E-state index in [4.69, 9.17) is 16.0 Å². The molecule has 0 radical (unpaired) electrons. The lowest BCUT2D eigenvalue weighted by atomic mass is 9.90. The Morgan fingerprint density at radius 3 is 2.41 bits per heavy atom. The van der Waals surface area contributed by atoms with Gasteiger partial charge in [0, 0.05) is 6.54 Å². The van der Waals surface area contributed by atoms with Crippen LogP contribution in [0, 0.1) is 5.41 Å². The number of aliphatic hydroxyl groups is 1. The van der Waals surface area contributed by atoms with Crippen LogP contribution in [0.25, 0.3) is 0 Å². The number of aliphatic hydroxyl groups excluding tert-OH is 1. The van der Waals surface area contributed by atoms with Gasteiger partial charge in [-0.15, -0.1) is 0 Å². The van der Waals surface area contributed by atoms with Crippen LogP contribution in [0.1, 0.15) is 13.8 Å². The predicted octanol–water partition coefficient (Wildman–Crippen LogP) is -0.155. The number of oxime groups is 1.